The molecule has 0 spiro atoms. The molecule has 1 aromatic heterocycles. The van der Waals surface area contributed by atoms with E-state index in [1.54, 1.807) is 7.11 Å². The first-order chi connectivity index (χ1) is 9.22. The van der Waals surface area contributed by atoms with Gasteiger partial charge in [0.2, 0.25) is 0 Å². The topological polar surface area (TPSA) is 39.1 Å². The highest BCUT2D eigenvalue weighted by Gasteiger charge is 2.34. The Morgan fingerprint density at radius 3 is 2.84 bits per heavy atom. The summed E-state index contributed by atoms with van der Waals surface area (Å²) in [6.45, 7) is 5.51. The van der Waals surface area contributed by atoms with Gasteiger partial charge in [-0.15, -0.1) is 0 Å². The van der Waals surface area contributed by atoms with Crippen molar-refractivity contribution in [2.24, 2.45) is 11.8 Å². The smallest absolute Gasteiger partial charge is 0.161 e. The summed E-state index contributed by atoms with van der Waals surface area (Å²) in [5.74, 6) is 2.38. The molecule has 3 unspecified atom stereocenters. The minimum Gasteiger partial charge on any atom is -0.493 e. The number of ether oxygens (including phenoxy) is 1. The van der Waals surface area contributed by atoms with Gasteiger partial charge in [-0.2, -0.15) is 5.10 Å². The predicted molar refractivity (Wildman–Crippen MR) is 77.4 cm³/mol. The molecule has 0 aromatic carbocycles. The van der Waals surface area contributed by atoms with Gasteiger partial charge < -0.3 is 10.1 Å². The molecule has 0 radical (unpaired) electrons. The molecule has 108 valence electrons. The maximum atomic E-state index is 5.53. The van der Waals surface area contributed by atoms with Gasteiger partial charge in [-0.3, -0.25) is 4.68 Å². The van der Waals surface area contributed by atoms with Gasteiger partial charge >= 0.3 is 0 Å². The first-order valence-electron chi connectivity index (χ1n) is 7.49. The van der Waals surface area contributed by atoms with Gasteiger partial charge in [-0.25, -0.2) is 0 Å². The Hall–Kier alpha value is -1.03. The molecule has 1 aliphatic rings. The fourth-order valence-corrected chi connectivity index (χ4v) is 3.46. The first-order valence-corrected chi connectivity index (χ1v) is 7.49. The monoisotopic (exact) mass is 265 g/mol. The molecule has 3 atom stereocenters. The Kier molecular flexibility index (Phi) is 4.86. The fourth-order valence-electron chi connectivity index (χ4n) is 3.46. The third-order valence-corrected chi connectivity index (χ3v) is 4.46. The molecule has 1 aromatic rings. The van der Waals surface area contributed by atoms with Crippen LogP contribution in [0.1, 0.15) is 51.3 Å². The van der Waals surface area contributed by atoms with Crippen LogP contribution in [0.3, 0.4) is 0 Å². The minimum atomic E-state index is 0.349. The van der Waals surface area contributed by atoms with Crippen LogP contribution in [0.15, 0.2) is 6.20 Å². The lowest BCUT2D eigenvalue weighted by Gasteiger charge is -2.28. The molecule has 0 aliphatic heterocycles. The number of aryl methyl sites for hydroxylation is 1. The van der Waals surface area contributed by atoms with E-state index in [4.69, 9.17) is 4.74 Å². The summed E-state index contributed by atoms with van der Waals surface area (Å²) in [4.78, 5) is 0. The maximum Gasteiger partial charge on any atom is 0.161 e. The summed E-state index contributed by atoms with van der Waals surface area (Å²) in [6, 6.07) is 0.349. The molecule has 0 bridgehead atoms. The Balaban J connectivity index is 2.32. The van der Waals surface area contributed by atoms with E-state index in [2.05, 4.69) is 36.0 Å². The Labute approximate surface area is 116 Å². The lowest BCUT2D eigenvalue weighted by atomic mass is 9.88. The number of hydrogen-bond acceptors (Lipinski definition) is 3. The zero-order chi connectivity index (χ0) is 13.8. The van der Waals surface area contributed by atoms with Crippen LogP contribution in [0.4, 0.5) is 0 Å². The minimum absolute atomic E-state index is 0.349. The van der Waals surface area contributed by atoms with Gasteiger partial charge in [0.25, 0.3) is 0 Å². The van der Waals surface area contributed by atoms with Crippen LogP contribution in [0, 0.1) is 11.8 Å². The summed E-state index contributed by atoms with van der Waals surface area (Å²) in [7, 11) is 3.79. The van der Waals surface area contributed by atoms with E-state index in [0.717, 1.165) is 24.6 Å². The lowest BCUT2D eigenvalue weighted by molar-refractivity contribution is 0.289. The number of rotatable bonds is 6. The van der Waals surface area contributed by atoms with Crippen molar-refractivity contribution in [1.29, 1.82) is 0 Å². The number of nitrogens with zero attached hydrogens (tertiary/aromatic N) is 2. The number of hydrogen-bond donors (Lipinski definition) is 1. The zero-order valence-electron chi connectivity index (χ0n) is 12.6. The highest BCUT2D eigenvalue weighted by atomic mass is 16.5. The van der Waals surface area contributed by atoms with Crippen molar-refractivity contribution in [2.45, 2.75) is 52.1 Å². The Morgan fingerprint density at radius 1 is 1.53 bits per heavy atom. The lowest BCUT2D eigenvalue weighted by Crippen LogP contribution is -2.29. The van der Waals surface area contributed by atoms with E-state index in [1.165, 1.54) is 25.0 Å². The number of aromatic nitrogens is 2. The van der Waals surface area contributed by atoms with Crippen LogP contribution in [0.5, 0.6) is 5.75 Å². The standard InChI is InChI=1S/C15H27N3O/c1-5-9-18-15(13(19-4)10-17-18)14(16-3)12-8-6-7-11(12)2/h10-12,14,16H,5-9H2,1-4H3. The van der Waals surface area contributed by atoms with Crippen LogP contribution in [0.25, 0.3) is 0 Å². The van der Waals surface area contributed by atoms with Crippen molar-refractivity contribution >= 4 is 0 Å². The van der Waals surface area contributed by atoms with E-state index < -0.39 is 0 Å². The molecule has 19 heavy (non-hydrogen) atoms. The fraction of sp³-hybridized carbons (Fsp3) is 0.800. The highest BCUT2D eigenvalue weighted by molar-refractivity contribution is 5.29. The summed E-state index contributed by atoms with van der Waals surface area (Å²) in [5, 5.41) is 8.00. The molecular weight excluding hydrogens is 238 g/mol. The van der Waals surface area contributed by atoms with E-state index in [1.807, 2.05) is 6.20 Å². The van der Waals surface area contributed by atoms with Crippen molar-refractivity contribution in [1.82, 2.24) is 15.1 Å². The number of nitrogens with one attached hydrogen (secondary N) is 1. The predicted octanol–water partition coefficient (Wildman–Crippen LogP) is 3.00. The molecule has 2 rings (SSSR count). The quantitative estimate of drug-likeness (QED) is 0.859. The van der Waals surface area contributed by atoms with Crippen molar-refractivity contribution in [3.63, 3.8) is 0 Å². The average Bonchev–Trinajstić information content (AvgIpc) is 3.00. The van der Waals surface area contributed by atoms with Crippen molar-refractivity contribution in [2.75, 3.05) is 14.2 Å². The SMILES string of the molecule is CCCn1ncc(OC)c1C(NC)C1CCCC1C. The van der Waals surface area contributed by atoms with Gasteiger partial charge in [0.15, 0.2) is 5.75 Å². The van der Waals surface area contributed by atoms with Crippen LogP contribution < -0.4 is 10.1 Å². The van der Waals surface area contributed by atoms with Gasteiger partial charge in [-0.1, -0.05) is 26.7 Å². The summed E-state index contributed by atoms with van der Waals surface area (Å²) in [5.41, 5.74) is 1.23. The second-order valence-electron chi connectivity index (χ2n) is 5.66. The van der Waals surface area contributed by atoms with Crippen LogP contribution in [0.2, 0.25) is 0 Å². The number of methoxy groups -OCH3 is 1. The summed E-state index contributed by atoms with van der Waals surface area (Å²) >= 11 is 0. The Bertz CT molecular complexity index is 402. The van der Waals surface area contributed by atoms with Crippen molar-refractivity contribution in [3.8, 4) is 5.75 Å². The van der Waals surface area contributed by atoms with Gasteiger partial charge in [0, 0.05) is 6.54 Å². The second-order valence-corrected chi connectivity index (χ2v) is 5.66. The van der Waals surface area contributed by atoms with E-state index in [-0.39, 0.29) is 0 Å². The zero-order valence-corrected chi connectivity index (χ0v) is 12.6. The molecule has 1 fully saturated rings. The van der Waals surface area contributed by atoms with Crippen LogP contribution in [-0.4, -0.2) is 23.9 Å². The molecule has 4 nitrogen and oxygen atoms in total. The van der Waals surface area contributed by atoms with Crippen LogP contribution >= 0.6 is 0 Å². The normalized spacial score (nSPS) is 24.6. The van der Waals surface area contributed by atoms with Crippen LogP contribution in [-0.2, 0) is 6.54 Å². The molecule has 1 saturated carbocycles. The van der Waals surface area contributed by atoms with E-state index >= 15 is 0 Å². The van der Waals surface area contributed by atoms with Crippen molar-refractivity contribution < 1.29 is 4.74 Å². The molecule has 4 heteroatoms. The Morgan fingerprint density at radius 2 is 2.32 bits per heavy atom. The van der Waals surface area contributed by atoms with Gasteiger partial charge in [-0.05, 0) is 31.7 Å². The summed E-state index contributed by atoms with van der Waals surface area (Å²) in [6.07, 6.45) is 6.93. The average molecular weight is 265 g/mol. The largest absolute Gasteiger partial charge is 0.493 e. The molecule has 1 heterocycles. The third-order valence-electron chi connectivity index (χ3n) is 4.46. The maximum absolute atomic E-state index is 5.53. The summed E-state index contributed by atoms with van der Waals surface area (Å²) < 4.78 is 7.64. The molecular formula is C15H27N3O. The van der Waals surface area contributed by atoms with Gasteiger partial charge in [0.1, 0.15) is 0 Å². The molecule has 0 amide bonds. The van der Waals surface area contributed by atoms with Gasteiger partial charge in [0.05, 0.1) is 25.0 Å². The van der Waals surface area contributed by atoms with E-state index in [0.29, 0.717) is 12.0 Å². The van der Waals surface area contributed by atoms with E-state index in [9.17, 15) is 0 Å². The van der Waals surface area contributed by atoms with Crippen molar-refractivity contribution in [3.05, 3.63) is 11.9 Å². The second kappa shape index (κ2) is 6.42. The highest BCUT2D eigenvalue weighted by Crippen LogP contribution is 2.42. The molecule has 1 aliphatic carbocycles. The third kappa shape index (κ3) is 2.78. The molecule has 1 N–H and O–H groups in total. The first kappa shape index (κ1) is 14.4. The molecule has 0 saturated heterocycles.